The highest BCUT2D eigenvalue weighted by Gasteiger charge is 2.12. The van der Waals surface area contributed by atoms with Crippen LogP contribution in [0.4, 0.5) is 19.6 Å². The maximum atomic E-state index is 12.4. The molecule has 1 aromatic heterocycles. The summed E-state index contributed by atoms with van der Waals surface area (Å²) in [7, 11) is 0. The summed E-state index contributed by atoms with van der Waals surface area (Å²) in [6, 6.07) is 10.9. The van der Waals surface area contributed by atoms with Gasteiger partial charge in [0.05, 0.1) is 15.1 Å². The quantitative estimate of drug-likeness (QED) is 0.525. The fourth-order valence-corrected chi connectivity index (χ4v) is 3.03. The van der Waals surface area contributed by atoms with Gasteiger partial charge in [-0.25, -0.2) is 4.98 Å². The molecule has 0 saturated carbocycles. The van der Waals surface area contributed by atoms with Crippen molar-refractivity contribution in [3.63, 3.8) is 0 Å². The Morgan fingerprint density at radius 1 is 1.29 bits per heavy atom. The van der Waals surface area contributed by atoms with E-state index in [1.54, 1.807) is 24.3 Å². The topological polar surface area (TPSA) is 77.3 Å². The fraction of sp³-hybridized carbons (Fsp3) is 0.133. The van der Waals surface area contributed by atoms with E-state index in [1.807, 2.05) is 0 Å². The molecule has 0 saturated heterocycles. The molecule has 24 heavy (non-hydrogen) atoms. The maximum Gasteiger partial charge on any atom is 0.387 e. The lowest BCUT2D eigenvalue weighted by molar-refractivity contribution is -0.384. The van der Waals surface area contributed by atoms with E-state index in [4.69, 9.17) is 0 Å². The number of anilines is 1. The Kier molecular flexibility index (Phi) is 4.52. The van der Waals surface area contributed by atoms with Gasteiger partial charge in [-0.05, 0) is 12.1 Å². The summed E-state index contributed by atoms with van der Waals surface area (Å²) in [4.78, 5) is 14.6. The third kappa shape index (κ3) is 3.57. The number of nitro benzene ring substituents is 1. The summed E-state index contributed by atoms with van der Waals surface area (Å²) < 4.78 is 29.9. The zero-order valence-electron chi connectivity index (χ0n) is 12.1. The van der Waals surface area contributed by atoms with Gasteiger partial charge in [-0.15, -0.1) is 0 Å². The number of halogens is 2. The molecule has 0 bridgehead atoms. The van der Waals surface area contributed by atoms with E-state index < -0.39 is 11.5 Å². The van der Waals surface area contributed by atoms with Gasteiger partial charge in [0.2, 0.25) is 0 Å². The Bertz CT molecular complexity index is 885. The number of rotatable bonds is 6. The second kappa shape index (κ2) is 6.75. The summed E-state index contributed by atoms with van der Waals surface area (Å²) in [5.41, 5.74) is 1.18. The molecule has 0 amide bonds. The van der Waals surface area contributed by atoms with Crippen LogP contribution in [0.1, 0.15) is 5.56 Å². The Morgan fingerprint density at radius 3 is 2.83 bits per heavy atom. The van der Waals surface area contributed by atoms with Crippen LogP contribution >= 0.6 is 11.3 Å². The first kappa shape index (κ1) is 16.1. The second-order valence-electron chi connectivity index (χ2n) is 4.77. The van der Waals surface area contributed by atoms with Crippen molar-refractivity contribution in [3.05, 3.63) is 58.1 Å². The minimum Gasteiger partial charge on any atom is -0.434 e. The minimum atomic E-state index is -2.89. The predicted molar refractivity (Wildman–Crippen MR) is 86.7 cm³/mol. The molecular formula is C15H11F2N3O3S. The molecule has 1 heterocycles. The summed E-state index contributed by atoms with van der Waals surface area (Å²) in [5, 5.41) is 14.4. The average molecular weight is 351 g/mol. The minimum absolute atomic E-state index is 0.00613. The third-order valence-electron chi connectivity index (χ3n) is 3.20. The van der Waals surface area contributed by atoms with Gasteiger partial charge >= 0.3 is 6.61 Å². The van der Waals surface area contributed by atoms with E-state index in [1.165, 1.54) is 29.5 Å². The molecule has 9 heteroatoms. The molecule has 0 radical (unpaired) electrons. The highest BCUT2D eigenvalue weighted by Crippen LogP contribution is 2.30. The predicted octanol–water partition coefficient (Wildman–Crippen LogP) is 4.42. The molecular weight excluding hydrogens is 340 g/mol. The molecule has 1 N–H and O–H groups in total. The molecule has 3 aromatic rings. The van der Waals surface area contributed by atoms with Gasteiger partial charge in [-0.3, -0.25) is 10.1 Å². The number of benzene rings is 2. The normalized spacial score (nSPS) is 11.0. The van der Waals surface area contributed by atoms with Crippen LogP contribution in [0.5, 0.6) is 5.75 Å². The molecule has 2 aromatic carbocycles. The lowest BCUT2D eigenvalue weighted by atomic mass is 10.2. The van der Waals surface area contributed by atoms with Crippen molar-refractivity contribution >= 4 is 32.4 Å². The van der Waals surface area contributed by atoms with Crippen LogP contribution in [-0.4, -0.2) is 16.5 Å². The van der Waals surface area contributed by atoms with E-state index >= 15 is 0 Å². The summed E-state index contributed by atoms with van der Waals surface area (Å²) >= 11 is 1.25. The zero-order chi connectivity index (χ0) is 17.1. The highest BCUT2D eigenvalue weighted by atomic mass is 32.1. The molecule has 0 spiro atoms. The van der Waals surface area contributed by atoms with Crippen LogP contribution < -0.4 is 10.1 Å². The molecule has 0 aliphatic rings. The molecule has 0 fully saturated rings. The molecule has 0 aliphatic carbocycles. The first-order chi connectivity index (χ1) is 11.5. The lowest BCUT2D eigenvalue weighted by Gasteiger charge is -2.10. The third-order valence-corrected chi connectivity index (χ3v) is 4.18. The molecule has 0 aliphatic heterocycles. The van der Waals surface area contributed by atoms with Gasteiger partial charge in [0.25, 0.3) is 5.69 Å². The highest BCUT2D eigenvalue weighted by molar-refractivity contribution is 7.22. The van der Waals surface area contributed by atoms with Crippen molar-refractivity contribution in [3.8, 4) is 5.75 Å². The van der Waals surface area contributed by atoms with Crippen molar-refractivity contribution in [2.45, 2.75) is 13.2 Å². The van der Waals surface area contributed by atoms with Gasteiger partial charge < -0.3 is 10.1 Å². The number of alkyl halides is 2. The van der Waals surface area contributed by atoms with E-state index in [-0.39, 0.29) is 18.0 Å². The number of nitrogens with zero attached hydrogens (tertiary/aromatic N) is 2. The largest absolute Gasteiger partial charge is 0.434 e. The SMILES string of the molecule is O=[N+]([O-])c1ccc2nc(NCc3ccccc3OC(F)F)sc2c1. The van der Waals surface area contributed by atoms with E-state index in [0.717, 1.165) is 0 Å². The first-order valence-corrected chi connectivity index (χ1v) is 7.66. The summed E-state index contributed by atoms with van der Waals surface area (Å²) in [5.74, 6) is 0.0942. The van der Waals surface area contributed by atoms with E-state index in [0.29, 0.717) is 20.9 Å². The van der Waals surface area contributed by atoms with Crippen LogP contribution in [0.25, 0.3) is 10.2 Å². The van der Waals surface area contributed by atoms with Gasteiger partial charge in [0.1, 0.15) is 5.75 Å². The Balaban J connectivity index is 1.77. The number of thiazole rings is 1. The van der Waals surface area contributed by atoms with Crippen LogP contribution in [0.15, 0.2) is 42.5 Å². The number of hydrogen-bond acceptors (Lipinski definition) is 6. The number of hydrogen-bond donors (Lipinski definition) is 1. The molecule has 0 unspecified atom stereocenters. The van der Waals surface area contributed by atoms with Crippen LogP contribution in [0.2, 0.25) is 0 Å². The van der Waals surface area contributed by atoms with Gasteiger partial charge in [0.15, 0.2) is 5.13 Å². The Labute approximate surface area is 138 Å². The Hall–Kier alpha value is -2.81. The summed E-state index contributed by atoms with van der Waals surface area (Å²) in [6.45, 7) is -2.65. The first-order valence-electron chi connectivity index (χ1n) is 6.84. The standard InChI is InChI=1S/C15H11F2N3O3S/c16-14(17)23-12-4-2-1-3-9(12)8-18-15-19-11-6-5-10(20(21)22)7-13(11)24-15/h1-7,14H,8H2,(H,18,19). The fourth-order valence-electron chi connectivity index (χ4n) is 2.13. The van der Waals surface area contributed by atoms with Crippen molar-refractivity contribution in [1.29, 1.82) is 0 Å². The number of para-hydroxylation sites is 1. The Morgan fingerprint density at radius 2 is 2.08 bits per heavy atom. The number of nitro groups is 1. The number of aromatic nitrogens is 1. The monoisotopic (exact) mass is 351 g/mol. The number of non-ortho nitro benzene ring substituents is 1. The molecule has 3 rings (SSSR count). The number of fused-ring (bicyclic) bond motifs is 1. The van der Waals surface area contributed by atoms with E-state index in [9.17, 15) is 18.9 Å². The molecule has 124 valence electrons. The summed E-state index contributed by atoms with van der Waals surface area (Å²) in [6.07, 6.45) is 0. The zero-order valence-corrected chi connectivity index (χ0v) is 12.9. The number of nitrogens with one attached hydrogen (secondary N) is 1. The average Bonchev–Trinajstić information content (AvgIpc) is 2.95. The van der Waals surface area contributed by atoms with Gasteiger partial charge in [0, 0.05) is 24.2 Å². The van der Waals surface area contributed by atoms with Crippen molar-refractivity contribution in [2.24, 2.45) is 0 Å². The van der Waals surface area contributed by atoms with E-state index in [2.05, 4.69) is 15.0 Å². The van der Waals surface area contributed by atoms with Crippen molar-refractivity contribution in [2.75, 3.05) is 5.32 Å². The second-order valence-corrected chi connectivity index (χ2v) is 5.80. The smallest absolute Gasteiger partial charge is 0.387 e. The molecule has 0 atom stereocenters. The lowest BCUT2D eigenvalue weighted by Crippen LogP contribution is -2.07. The number of ether oxygens (including phenoxy) is 1. The van der Waals surface area contributed by atoms with Gasteiger partial charge in [-0.1, -0.05) is 29.5 Å². The van der Waals surface area contributed by atoms with Crippen molar-refractivity contribution < 1.29 is 18.4 Å². The van der Waals surface area contributed by atoms with Crippen LogP contribution in [0.3, 0.4) is 0 Å². The molecule has 6 nitrogen and oxygen atoms in total. The van der Waals surface area contributed by atoms with Crippen molar-refractivity contribution in [1.82, 2.24) is 4.98 Å². The maximum absolute atomic E-state index is 12.4. The van der Waals surface area contributed by atoms with Crippen LogP contribution in [-0.2, 0) is 6.54 Å². The van der Waals surface area contributed by atoms with Crippen LogP contribution in [0, 0.1) is 10.1 Å². The van der Waals surface area contributed by atoms with Gasteiger partial charge in [-0.2, -0.15) is 8.78 Å².